The maximum absolute atomic E-state index is 13.6. The van der Waals surface area contributed by atoms with Gasteiger partial charge in [-0.05, 0) is 67.6 Å². The van der Waals surface area contributed by atoms with Crippen LogP contribution in [0.4, 0.5) is 17.2 Å². The number of nitrogens with zero attached hydrogens (tertiary/aromatic N) is 2. The van der Waals surface area contributed by atoms with Gasteiger partial charge in [-0.15, -0.1) is 0 Å². The van der Waals surface area contributed by atoms with Gasteiger partial charge in [0.05, 0.1) is 22.1 Å². The molecule has 1 amide bonds. The van der Waals surface area contributed by atoms with Crippen LogP contribution in [0.1, 0.15) is 6.92 Å². The first kappa shape index (κ1) is 27.6. The average Bonchev–Trinajstić information content (AvgIpc) is 2.93. The van der Waals surface area contributed by atoms with Crippen LogP contribution in [0.2, 0.25) is 0 Å². The largest absolute Gasteiger partial charge is 0.492 e. The average molecular weight is 567 g/mol. The van der Waals surface area contributed by atoms with Crippen molar-refractivity contribution >= 4 is 43.1 Å². The second kappa shape index (κ2) is 12.0. The summed E-state index contributed by atoms with van der Waals surface area (Å²) >= 11 is 0. The molecule has 1 heterocycles. The fourth-order valence-corrected chi connectivity index (χ4v) is 6.09. The minimum atomic E-state index is -4.14. The van der Waals surface area contributed by atoms with Crippen LogP contribution >= 0.6 is 0 Å². The summed E-state index contributed by atoms with van der Waals surface area (Å²) in [5.74, 6) is -0.160. The van der Waals surface area contributed by atoms with Crippen LogP contribution in [0.15, 0.2) is 113 Å². The molecule has 4 rings (SSSR count). The minimum absolute atomic E-state index is 0.0130. The first-order valence-corrected chi connectivity index (χ1v) is 14.8. The summed E-state index contributed by atoms with van der Waals surface area (Å²) in [5, 5.41) is 2.63. The number of ether oxygens (including phenoxy) is 1. The molecule has 0 fully saturated rings. The molecule has 0 bridgehead atoms. The predicted molar refractivity (Wildman–Crippen MR) is 149 cm³/mol. The van der Waals surface area contributed by atoms with Gasteiger partial charge in [0.25, 0.3) is 20.0 Å². The smallest absolute Gasteiger partial charge is 0.264 e. The van der Waals surface area contributed by atoms with Crippen LogP contribution in [-0.4, -0.2) is 40.9 Å². The fourth-order valence-electron chi connectivity index (χ4n) is 3.63. The predicted octanol–water partition coefficient (Wildman–Crippen LogP) is 4.12. The Balaban J connectivity index is 1.56. The van der Waals surface area contributed by atoms with Gasteiger partial charge < -0.3 is 10.1 Å². The first-order chi connectivity index (χ1) is 18.7. The molecule has 10 nitrogen and oxygen atoms in total. The van der Waals surface area contributed by atoms with Crippen molar-refractivity contribution < 1.29 is 26.4 Å². The topological polar surface area (TPSA) is 135 Å². The number of pyridine rings is 1. The van der Waals surface area contributed by atoms with E-state index in [9.17, 15) is 21.6 Å². The molecular formula is C27H26N4O6S2. The zero-order valence-electron chi connectivity index (χ0n) is 20.9. The summed E-state index contributed by atoms with van der Waals surface area (Å²) in [6, 6.07) is 24.6. The van der Waals surface area contributed by atoms with Crippen molar-refractivity contribution in [3.05, 3.63) is 103 Å². The number of carbonyl (C=O) groups is 1. The number of rotatable bonds is 11. The highest BCUT2D eigenvalue weighted by Gasteiger charge is 2.29. The van der Waals surface area contributed by atoms with Crippen LogP contribution in [0.3, 0.4) is 0 Å². The molecule has 0 aliphatic rings. The van der Waals surface area contributed by atoms with E-state index in [1.807, 2.05) is 0 Å². The Morgan fingerprint density at radius 2 is 1.49 bits per heavy atom. The Bertz CT molecular complexity index is 1630. The second-order valence-corrected chi connectivity index (χ2v) is 11.7. The second-order valence-electron chi connectivity index (χ2n) is 8.12. The number of hydrogen-bond donors (Lipinski definition) is 2. The Kier molecular flexibility index (Phi) is 8.47. The number of aromatic nitrogens is 1. The highest BCUT2D eigenvalue weighted by molar-refractivity contribution is 7.93. The fraction of sp³-hybridized carbons (Fsp3) is 0.111. The normalized spacial score (nSPS) is 11.4. The molecule has 202 valence electrons. The van der Waals surface area contributed by atoms with Gasteiger partial charge in [0.1, 0.15) is 18.1 Å². The third kappa shape index (κ3) is 6.72. The lowest BCUT2D eigenvalue weighted by Gasteiger charge is -2.26. The molecule has 0 unspecified atom stereocenters. The number of amides is 1. The van der Waals surface area contributed by atoms with Crippen molar-refractivity contribution in [3.8, 4) is 5.75 Å². The van der Waals surface area contributed by atoms with Gasteiger partial charge in [0.2, 0.25) is 5.91 Å². The van der Waals surface area contributed by atoms with Crippen molar-refractivity contribution in [2.75, 3.05) is 27.5 Å². The molecule has 12 heteroatoms. The van der Waals surface area contributed by atoms with E-state index < -0.39 is 32.5 Å². The number of hydrogen-bond acceptors (Lipinski definition) is 7. The van der Waals surface area contributed by atoms with Gasteiger partial charge in [-0.2, -0.15) is 0 Å². The van der Waals surface area contributed by atoms with E-state index in [0.29, 0.717) is 12.4 Å². The van der Waals surface area contributed by atoms with Gasteiger partial charge in [-0.25, -0.2) is 21.8 Å². The lowest BCUT2D eigenvalue weighted by atomic mass is 10.3. The van der Waals surface area contributed by atoms with Crippen molar-refractivity contribution in [1.82, 2.24) is 4.98 Å². The van der Waals surface area contributed by atoms with Crippen LogP contribution in [0.5, 0.6) is 5.75 Å². The van der Waals surface area contributed by atoms with E-state index in [-0.39, 0.29) is 27.0 Å². The third-order valence-corrected chi connectivity index (χ3v) is 8.55. The van der Waals surface area contributed by atoms with Crippen molar-refractivity contribution in [1.29, 1.82) is 0 Å². The Hall–Kier alpha value is -4.42. The summed E-state index contributed by atoms with van der Waals surface area (Å²) < 4.78 is 61.5. The number of carbonyl (C=O) groups excluding carboxylic acids is 1. The number of para-hydroxylation sites is 2. The van der Waals surface area contributed by atoms with Gasteiger partial charge >= 0.3 is 0 Å². The molecule has 0 saturated heterocycles. The molecule has 0 aliphatic heterocycles. The minimum Gasteiger partial charge on any atom is -0.492 e. The van der Waals surface area contributed by atoms with Crippen LogP contribution in [0.25, 0.3) is 0 Å². The SMILES string of the molecule is CCOc1ccccc1N(CC(=O)Nc1ccc(S(=O)(=O)Nc2ccccn2)cc1)S(=O)(=O)c1ccccc1. The number of anilines is 3. The zero-order valence-corrected chi connectivity index (χ0v) is 22.5. The molecule has 0 radical (unpaired) electrons. The maximum atomic E-state index is 13.6. The first-order valence-electron chi connectivity index (χ1n) is 11.8. The van der Waals surface area contributed by atoms with E-state index >= 15 is 0 Å². The highest BCUT2D eigenvalue weighted by atomic mass is 32.2. The molecule has 0 atom stereocenters. The summed E-state index contributed by atoms with van der Waals surface area (Å²) in [5.41, 5.74) is 0.493. The van der Waals surface area contributed by atoms with Gasteiger partial charge in [0.15, 0.2) is 0 Å². The summed E-state index contributed by atoms with van der Waals surface area (Å²) in [4.78, 5) is 17.0. The lowest BCUT2D eigenvalue weighted by molar-refractivity contribution is -0.114. The lowest BCUT2D eigenvalue weighted by Crippen LogP contribution is -2.38. The van der Waals surface area contributed by atoms with Crippen molar-refractivity contribution in [2.45, 2.75) is 16.7 Å². The van der Waals surface area contributed by atoms with E-state index in [0.717, 1.165) is 4.31 Å². The van der Waals surface area contributed by atoms with Crippen molar-refractivity contribution in [2.24, 2.45) is 0 Å². The quantitative estimate of drug-likeness (QED) is 0.279. The number of sulfonamides is 2. The number of nitrogens with one attached hydrogen (secondary N) is 2. The number of benzene rings is 3. The molecule has 1 aromatic heterocycles. The van der Waals surface area contributed by atoms with E-state index in [4.69, 9.17) is 4.74 Å². The monoisotopic (exact) mass is 566 g/mol. The standard InChI is InChI=1S/C27H26N4O6S2/c1-2-37-25-13-7-6-12-24(25)31(39(35,36)23-10-4-3-5-11-23)20-27(32)29-21-15-17-22(18-16-21)38(33,34)30-26-14-8-9-19-28-26/h3-19H,2,20H2,1H3,(H,28,30)(H,29,32). The van der Waals surface area contributed by atoms with Gasteiger partial charge in [0, 0.05) is 11.9 Å². The third-order valence-electron chi connectivity index (χ3n) is 5.40. The van der Waals surface area contributed by atoms with Crippen LogP contribution in [-0.2, 0) is 24.8 Å². The Labute approximate surface area is 227 Å². The summed E-state index contributed by atoms with van der Waals surface area (Å²) in [7, 11) is -8.04. The van der Waals surface area contributed by atoms with Crippen molar-refractivity contribution in [3.63, 3.8) is 0 Å². The van der Waals surface area contributed by atoms with E-state index in [1.54, 1.807) is 61.5 Å². The Morgan fingerprint density at radius 1 is 0.821 bits per heavy atom. The van der Waals surface area contributed by atoms with Crippen LogP contribution in [0, 0.1) is 0 Å². The summed E-state index contributed by atoms with van der Waals surface area (Å²) in [6.07, 6.45) is 1.46. The molecular weight excluding hydrogens is 540 g/mol. The molecule has 3 aromatic carbocycles. The highest BCUT2D eigenvalue weighted by Crippen LogP contribution is 2.32. The van der Waals surface area contributed by atoms with Gasteiger partial charge in [-0.3, -0.25) is 13.8 Å². The van der Waals surface area contributed by atoms with E-state index in [2.05, 4.69) is 15.0 Å². The molecule has 39 heavy (non-hydrogen) atoms. The Morgan fingerprint density at radius 3 is 2.15 bits per heavy atom. The molecule has 0 aliphatic carbocycles. The zero-order chi connectivity index (χ0) is 27.9. The molecule has 2 N–H and O–H groups in total. The maximum Gasteiger partial charge on any atom is 0.264 e. The van der Waals surface area contributed by atoms with Gasteiger partial charge in [-0.1, -0.05) is 36.4 Å². The van der Waals surface area contributed by atoms with E-state index in [1.165, 1.54) is 48.7 Å². The molecule has 0 spiro atoms. The molecule has 0 saturated carbocycles. The summed E-state index contributed by atoms with van der Waals surface area (Å²) in [6.45, 7) is 1.52. The molecule has 4 aromatic rings. The van der Waals surface area contributed by atoms with Crippen LogP contribution < -0.4 is 19.1 Å².